The van der Waals surface area contributed by atoms with Crippen molar-refractivity contribution in [1.29, 1.82) is 0 Å². The summed E-state index contributed by atoms with van der Waals surface area (Å²) in [4.78, 5) is 25.9. The van der Waals surface area contributed by atoms with Crippen LogP contribution in [0.3, 0.4) is 0 Å². The molecule has 1 aliphatic rings. The van der Waals surface area contributed by atoms with Crippen molar-refractivity contribution in [1.82, 2.24) is 14.9 Å². The smallest absolute Gasteiger partial charge is 0.278 e. The summed E-state index contributed by atoms with van der Waals surface area (Å²) in [7, 11) is 3.98. The van der Waals surface area contributed by atoms with Gasteiger partial charge in [-0.15, -0.1) is 0 Å². The number of hydrogen-bond donors (Lipinski definition) is 0. The molecule has 0 bridgehead atoms. The highest BCUT2D eigenvalue weighted by Gasteiger charge is 2.31. The fraction of sp³-hybridized carbons (Fsp3) is 0.250. The molecule has 1 unspecified atom stereocenters. The summed E-state index contributed by atoms with van der Waals surface area (Å²) in [5, 5.41) is 0. The molecule has 0 saturated carbocycles. The third-order valence-electron chi connectivity index (χ3n) is 4.32. The highest BCUT2D eigenvalue weighted by molar-refractivity contribution is 6.06. The van der Waals surface area contributed by atoms with Crippen molar-refractivity contribution in [3.05, 3.63) is 60.4 Å². The first-order valence-electron chi connectivity index (χ1n) is 8.56. The van der Waals surface area contributed by atoms with Crippen molar-refractivity contribution in [3.63, 3.8) is 0 Å². The highest BCUT2D eigenvalue weighted by Crippen LogP contribution is 2.34. The molecule has 6 heteroatoms. The quantitative estimate of drug-likeness (QED) is 0.728. The second-order valence-corrected chi connectivity index (χ2v) is 6.63. The van der Waals surface area contributed by atoms with Gasteiger partial charge in [0.25, 0.3) is 5.91 Å². The number of carbonyl (C=O) groups excluding carboxylic acids is 1. The second kappa shape index (κ2) is 6.72. The molecule has 2 aromatic carbocycles. The first-order chi connectivity index (χ1) is 12.6. The van der Waals surface area contributed by atoms with Gasteiger partial charge in [0, 0.05) is 6.54 Å². The maximum atomic E-state index is 13.2. The number of benzene rings is 2. The van der Waals surface area contributed by atoms with Crippen LogP contribution >= 0.6 is 0 Å². The van der Waals surface area contributed by atoms with E-state index in [0.717, 1.165) is 17.7 Å². The summed E-state index contributed by atoms with van der Waals surface area (Å²) in [6.45, 7) is 1.20. The van der Waals surface area contributed by atoms with E-state index >= 15 is 0 Å². The zero-order chi connectivity index (χ0) is 18.1. The Morgan fingerprint density at radius 3 is 2.69 bits per heavy atom. The second-order valence-electron chi connectivity index (χ2n) is 6.63. The molecule has 3 aromatic rings. The van der Waals surface area contributed by atoms with Gasteiger partial charge in [0.1, 0.15) is 17.5 Å². The Bertz CT molecular complexity index is 957. The summed E-state index contributed by atoms with van der Waals surface area (Å²) < 4.78 is 6.06. The van der Waals surface area contributed by atoms with Gasteiger partial charge in [-0.3, -0.25) is 14.7 Å². The van der Waals surface area contributed by atoms with E-state index in [1.54, 1.807) is 11.1 Å². The SMILES string of the molecule is CN(C)CC1CN(C(=O)c2cnc3ccccc3n2)c2ccccc2O1. The van der Waals surface area contributed by atoms with Crippen LogP contribution in [0, 0.1) is 0 Å². The predicted molar refractivity (Wildman–Crippen MR) is 101 cm³/mol. The Labute approximate surface area is 152 Å². The molecule has 132 valence electrons. The Kier molecular flexibility index (Phi) is 4.26. The standard InChI is InChI=1S/C20H20N4O2/c1-23(2)12-14-13-24(18-9-5-6-10-19(18)26-14)20(25)17-11-21-15-7-3-4-8-16(15)22-17/h3-11,14H,12-13H2,1-2H3. The van der Waals surface area contributed by atoms with Crippen molar-refractivity contribution >= 4 is 22.6 Å². The van der Waals surface area contributed by atoms with Gasteiger partial charge < -0.3 is 9.64 Å². The zero-order valence-corrected chi connectivity index (χ0v) is 14.8. The van der Waals surface area contributed by atoms with Gasteiger partial charge in [0.2, 0.25) is 0 Å². The molecule has 6 nitrogen and oxygen atoms in total. The number of amides is 1. The Morgan fingerprint density at radius 1 is 1.15 bits per heavy atom. The molecule has 1 aliphatic heterocycles. The van der Waals surface area contributed by atoms with Crippen LogP contribution in [-0.2, 0) is 0 Å². The van der Waals surface area contributed by atoms with Gasteiger partial charge in [0.15, 0.2) is 0 Å². The molecule has 0 N–H and O–H groups in total. The van der Waals surface area contributed by atoms with Crippen molar-refractivity contribution in [3.8, 4) is 5.75 Å². The minimum absolute atomic E-state index is 0.0998. The van der Waals surface area contributed by atoms with Crippen molar-refractivity contribution in [2.75, 3.05) is 32.1 Å². The molecule has 0 saturated heterocycles. The lowest BCUT2D eigenvalue weighted by molar-refractivity contribution is 0.0936. The molecule has 0 radical (unpaired) electrons. The van der Waals surface area contributed by atoms with Gasteiger partial charge in [-0.1, -0.05) is 24.3 Å². The topological polar surface area (TPSA) is 58.6 Å². The number of rotatable bonds is 3. The molecule has 1 amide bonds. The van der Waals surface area contributed by atoms with Gasteiger partial charge in [-0.25, -0.2) is 4.98 Å². The van der Waals surface area contributed by atoms with Crippen molar-refractivity contribution < 1.29 is 9.53 Å². The van der Waals surface area contributed by atoms with Gasteiger partial charge in [-0.2, -0.15) is 0 Å². The fourth-order valence-corrected chi connectivity index (χ4v) is 3.19. The van der Waals surface area contributed by atoms with Crippen LogP contribution < -0.4 is 9.64 Å². The molecule has 0 fully saturated rings. The van der Waals surface area contributed by atoms with Crippen molar-refractivity contribution in [2.24, 2.45) is 0 Å². The number of nitrogens with zero attached hydrogens (tertiary/aromatic N) is 4. The van der Waals surface area contributed by atoms with E-state index in [1.807, 2.05) is 62.6 Å². The number of hydrogen-bond acceptors (Lipinski definition) is 5. The lowest BCUT2D eigenvalue weighted by Crippen LogP contribution is -2.47. The van der Waals surface area contributed by atoms with Crippen LogP contribution in [0.25, 0.3) is 11.0 Å². The first-order valence-corrected chi connectivity index (χ1v) is 8.56. The number of aromatic nitrogens is 2. The van der Waals surface area contributed by atoms with Gasteiger partial charge in [-0.05, 0) is 38.4 Å². The fourth-order valence-electron chi connectivity index (χ4n) is 3.19. The Hall–Kier alpha value is -2.99. The molecular weight excluding hydrogens is 328 g/mol. The molecule has 2 heterocycles. The lowest BCUT2D eigenvalue weighted by atomic mass is 10.1. The van der Waals surface area contributed by atoms with Crippen LogP contribution in [0.2, 0.25) is 0 Å². The number of fused-ring (bicyclic) bond motifs is 2. The molecular formula is C20H20N4O2. The third kappa shape index (κ3) is 3.11. The molecule has 1 atom stereocenters. The highest BCUT2D eigenvalue weighted by atomic mass is 16.5. The summed E-state index contributed by atoms with van der Waals surface area (Å²) in [5.74, 6) is 0.551. The van der Waals surface area contributed by atoms with Crippen LogP contribution in [0.1, 0.15) is 10.5 Å². The third-order valence-corrected chi connectivity index (χ3v) is 4.32. The minimum atomic E-state index is -0.164. The van der Waals surface area contributed by atoms with Gasteiger partial charge >= 0.3 is 0 Å². The number of likely N-dealkylation sites (N-methyl/N-ethyl adjacent to an activating group) is 1. The summed E-state index contributed by atoms with van der Waals surface area (Å²) in [6, 6.07) is 15.1. The summed E-state index contributed by atoms with van der Waals surface area (Å²) in [5.41, 5.74) is 2.59. The largest absolute Gasteiger partial charge is 0.485 e. The molecule has 0 aliphatic carbocycles. The number of carbonyl (C=O) groups is 1. The zero-order valence-electron chi connectivity index (χ0n) is 14.8. The van der Waals surface area contributed by atoms with Crippen molar-refractivity contribution in [2.45, 2.75) is 6.10 Å². The van der Waals surface area contributed by atoms with E-state index in [2.05, 4.69) is 14.9 Å². The molecule has 26 heavy (non-hydrogen) atoms. The van der Waals surface area contributed by atoms with E-state index in [4.69, 9.17) is 4.74 Å². The number of ether oxygens (including phenoxy) is 1. The average molecular weight is 348 g/mol. The minimum Gasteiger partial charge on any atom is -0.485 e. The van der Waals surface area contributed by atoms with Crippen LogP contribution in [0.15, 0.2) is 54.7 Å². The predicted octanol–water partition coefficient (Wildman–Crippen LogP) is 2.60. The molecule has 0 spiro atoms. The van der Waals surface area contributed by atoms with Crippen LogP contribution in [0.4, 0.5) is 5.69 Å². The average Bonchev–Trinajstić information content (AvgIpc) is 2.66. The number of para-hydroxylation sites is 4. The van der Waals surface area contributed by atoms with E-state index < -0.39 is 0 Å². The van der Waals surface area contributed by atoms with E-state index in [9.17, 15) is 4.79 Å². The maximum absolute atomic E-state index is 13.2. The van der Waals surface area contributed by atoms with Crippen LogP contribution in [0.5, 0.6) is 5.75 Å². The van der Waals surface area contributed by atoms with E-state index in [1.165, 1.54) is 0 Å². The molecule has 4 rings (SSSR count). The van der Waals surface area contributed by atoms with Gasteiger partial charge in [0.05, 0.1) is 29.5 Å². The Balaban J connectivity index is 1.70. The van der Waals surface area contributed by atoms with Crippen LogP contribution in [-0.4, -0.2) is 54.1 Å². The summed E-state index contributed by atoms with van der Waals surface area (Å²) >= 11 is 0. The first kappa shape index (κ1) is 16.5. The Morgan fingerprint density at radius 2 is 1.88 bits per heavy atom. The molecule has 1 aromatic heterocycles. The maximum Gasteiger partial charge on any atom is 0.278 e. The lowest BCUT2D eigenvalue weighted by Gasteiger charge is -2.35. The number of anilines is 1. The summed E-state index contributed by atoms with van der Waals surface area (Å²) in [6.07, 6.45) is 1.45. The van der Waals surface area contributed by atoms with E-state index in [0.29, 0.717) is 23.5 Å². The van der Waals surface area contributed by atoms with E-state index in [-0.39, 0.29) is 12.0 Å². The normalized spacial score (nSPS) is 16.4. The monoisotopic (exact) mass is 348 g/mol.